The van der Waals surface area contributed by atoms with Gasteiger partial charge in [-0.15, -0.1) is 0 Å². The zero-order valence-corrected chi connectivity index (χ0v) is 16.7. The number of amides is 1. The van der Waals surface area contributed by atoms with Crippen LogP contribution in [0.4, 0.5) is 4.79 Å². The van der Waals surface area contributed by atoms with Gasteiger partial charge < -0.3 is 14.4 Å². The molecule has 24 heavy (non-hydrogen) atoms. The highest BCUT2D eigenvalue weighted by molar-refractivity contribution is 5.76. The van der Waals surface area contributed by atoms with Gasteiger partial charge in [0.05, 0.1) is 12.0 Å². The number of rotatable bonds is 6. The lowest BCUT2D eigenvalue weighted by atomic mass is 9.86. The molecule has 5 heteroatoms. The fourth-order valence-corrected chi connectivity index (χ4v) is 2.47. The molecule has 1 amide bonds. The maximum Gasteiger partial charge on any atom is 0.410 e. The summed E-state index contributed by atoms with van der Waals surface area (Å²) in [7, 11) is 0. The summed E-state index contributed by atoms with van der Waals surface area (Å²) < 4.78 is 11.5. The Balaban J connectivity index is 2.85. The fourth-order valence-electron chi connectivity index (χ4n) is 2.47. The van der Waals surface area contributed by atoms with Crippen molar-refractivity contribution in [1.29, 1.82) is 0 Å². The van der Waals surface area contributed by atoms with Gasteiger partial charge in [-0.25, -0.2) is 4.79 Å². The average Bonchev–Trinajstić information content (AvgIpc) is 2.92. The zero-order chi connectivity index (χ0) is 18.8. The van der Waals surface area contributed by atoms with Crippen molar-refractivity contribution in [2.75, 3.05) is 13.1 Å². The minimum Gasteiger partial charge on any atom is -0.456 e. The quantitative estimate of drug-likeness (QED) is 0.672. The molecule has 1 saturated heterocycles. The number of ether oxygens (including phenoxy) is 2. The molecule has 0 aliphatic carbocycles. The minimum absolute atomic E-state index is 0.131. The number of nitrogens with zero attached hydrogens (tertiary/aromatic N) is 1. The number of carbonyl (C=O) groups is 2. The van der Waals surface area contributed by atoms with E-state index in [2.05, 4.69) is 0 Å². The second kappa shape index (κ2) is 7.32. The van der Waals surface area contributed by atoms with Crippen LogP contribution < -0.4 is 0 Å². The average molecular weight is 341 g/mol. The van der Waals surface area contributed by atoms with E-state index >= 15 is 0 Å². The maximum absolute atomic E-state index is 12.6. The van der Waals surface area contributed by atoms with Gasteiger partial charge in [0, 0.05) is 13.0 Å². The minimum atomic E-state index is -0.626. The van der Waals surface area contributed by atoms with Crippen LogP contribution in [0.3, 0.4) is 0 Å². The predicted molar refractivity (Wildman–Crippen MR) is 94.8 cm³/mol. The Morgan fingerprint density at radius 2 is 1.71 bits per heavy atom. The summed E-state index contributed by atoms with van der Waals surface area (Å²) in [5.41, 5.74) is -1.63. The van der Waals surface area contributed by atoms with Gasteiger partial charge in [-0.05, 0) is 46.5 Å². The summed E-state index contributed by atoms with van der Waals surface area (Å²) in [5.74, 6) is -0.0612. The Morgan fingerprint density at radius 3 is 2.17 bits per heavy atom. The van der Waals surface area contributed by atoms with E-state index in [1.165, 1.54) is 0 Å². The van der Waals surface area contributed by atoms with Gasteiger partial charge in [0.15, 0.2) is 0 Å². The fraction of sp³-hybridized carbons (Fsp3) is 0.895. The lowest BCUT2D eigenvalue weighted by Crippen LogP contribution is -2.47. The first-order valence-electron chi connectivity index (χ1n) is 9.10. The van der Waals surface area contributed by atoms with E-state index in [9.17, 15) is 9.59 Å². The SMILES string of the molecule is CCC(C)(C)OC(=O)N1CCC(OC(=O)C(C)(C)CC)(C(C)C)C1. The molecule has 1 fully saturated rings. The van der Waals surface area contributed by atoms with Gasteiger partial charge in [0.1, 0.15) is 11.2 Å². The van der Waals surface area contributed by atoms with E-state index in [1.54, 1.807) is 4.90 Å². The van der Waals surface area contributed by atoms with Crippen LogP contribution >= 0.6 is 0 Å². The molecule has 0 aromatic rings. The van der Waals surface area contributed by atoms with Crippen LogP contribution in [0.25, 0.3) is 0 Å². The van der Waals surface area contributed by atoms with Crippen molar-refractivity contribution < 1.29 is 19.1 Å². The molecule has 0 aromatic heterocycles. The topological polar surface area (TPSA) is 55.8 Å². The van der Waals surface area contributed by atoms with Crippen molar-refractivity contribution in [2.24, 2.45) is 11.3 Å². The second-order valence-electron chi connectivity index (χ2n) is 8.50. The summed E-state index contributed by atoms with van der Waals surface area (Å²) in [6, 6.07) is 0. The Morgan fingerprint density at radius 1 is 1.12 bits per heavy atom. The largest absolute Gasteiger partial charge is 0.456 e. The molecule has 0 saturated carbocycles. The number of carbonyl (C=O) groups excluding carboxylic acids is 2. The van der Waals surface area contributed by atoms with Crippen molar-refractivity contribution in [3.63, 3.8) is 0 Å². The summed E-state index contributed by atoms with van der Waals surface area (Å²) in [4.78, 5) is 26.7. The lowest BCUT2D eigenvalue weighted by Gasteiger charge is -2.36. The van der Waals surface area contributed by atoms with E-state index in [0.717, 1.165) is 12.8 Å². The van der Waals surface area contributed by atoms with Crippen LogP contribution in [-0.4, -0.2) is 41.3 Å². The van der Waals surface area contributed by atoms with Crippen LogP contribution in [0.2, 0.25) is 0 Å². The predicted octanol–water partition coefficient (Wildman–Crippen LogP) is 4.39. The van der Waals surface area contributed by atoms with Gasteiger partial charge in [-0.2, -0.15) is 0 Å². The molecule has 0 aromatic carbocycles. The monoisotopic (exact) mass is 341 g/mol. The Kier molecular flexibility index (Phi) is 6.34. The van der Waals surface area contributed by atoms with Crippen LogP contribution in [0.5, 0.6) is 0 Å². The number of hydrogen-bond acceptors (Lipinski definition) is 4. The van der Waals surface area contributed by atoms with Gasteiger partial charge in [0.25, 0.3) is 0 Å². The van der Waals surface area contributed by atoms with Gasteiger partial charge in [-0.3, -0.25) is 4.79 Å². The van der Waals surface area contributed by atoms with Crippen LogP contribution in [-0.2, 0) is 14.3 Å². The summed E-state index contributed by atoms with van der Waals surface area (Å²) >= 11 is 0. The van der Waals surface area contributed by atoms with Crippen molar-refractivity contribution >= 4 is 12.1 Å². The maximum atomic E-state index is 12.6. The molecule has 1 atom stereocenters. The summed E-state index contributed by atoms with van der Waals surface area (Å²) in [6.45, 7) is 16.6. The molecule has 1 unspecified atom stereocenters. The van der Waals surface area contributed by atoms with Crippen molar-refractivity contribution in [3.8, 4) is 0 Å². The van der Waals surface area contributed by atoms with Crippen LogP contribution in [0, 0.1) is 11.3 Å². The number of hydrogen-bond donors (Lipinski definition) is 0. The van der Waals surface area contributed by atoms with Gasteiger partial charge in [-0.1, -0.05) is 27.7 Å². The summed E-state index contributed by atoms with van der Waals surface area (Å²) in [6.07, 6.45) is 1.80. The van der Waals surface area contributed by atoms with Gasteiger partial charge in [0.2, 0.25) is 0 Å². The Bertz CT molecular complexity index is 470. The first kappa shape index (κ1) is 20.8. The molecular formula is C19H35NO4. The highest BCUT2D eigenvalue weighted by Gasteiger charge is 2.48. The molecule has 1 aliphatic heterocycles. The molecule has 0 spiro atoms. The van der Waals surface area contributed by atoms with Crippen LogP contribution in [0.1, 0.15) is 74.7 Å². The molecular weight excluding hydrogens is 306 g/mol. The molecule has 140 valence electrons. The highest BCUT2D eigenvalue weighted by Crippen LogP contribution is 2.36. The van der Waals surface area contributed by atoms with E-state index in [0.29, 0.717) is 19.5 Å². The van der Waals surface area contributed by atoms with E-state index in [-0.39, 0.29) is 18.0 Å². The van der Waals surface area contributed by atoms with Crippen molar-refractivity contribution in [1.82, 2.24) is 4.90 Å². The number of likely N-dealkylation sites (tertiary alicyclic amines) is 1. The van der Waals surface area contributed by atoms with Crippen molar-refractivity contribution in [2.45, 2.75) is 85.9 Å². The third-order valence-corrected chi connectivity index (χ3v) is 5.52. The first-order chi connectivity index (χ1) is 10.9. The second-order valence-corrected chi connectivity index (χ2v) is 8.50. The Hall–Kier alpha value is -1.26. The molecule has 0 radical (unpaired) electrons. The Labute approximate surface area is 147 Å². The number of esters is 1. The molecule has 5 nitrogen and oxygen atoms in total. The van der Waals surface area contributed by atoms with E-state index in [1.807, 2.05) is 55.4 Å². The smallest absolute Gasteiger partial charge is 0.410 e. The molecule has 0 N–H and O–H groups in total. The summed E-state index contributed by atoms with van der Waals surface area (Å²) in [5, 5.41) is 0. The highest BCUT2D eigenvalue weighted by atomic mass is 16.6. The lowest BCUT2D eigenvalue weighted by molar-refractivity contribution is -0.174. The standard InChI is InChI=1S/C19H35NO4/c1-9-17(5,6)15(21)23-19(14(3)4)11-12-20(13-19)16(22)24-18(7,8)10-2/h14H,9-13H2,1-8H3. The molecule has 1 aliphatic rings. The third kappa shape index (κ3) is 4.64. The van der Waals surface area contributed by atoms with E-state index < -0.39 is 16.6 Å². The normalized spacial score (nSPS) is 22.0. The van der Waals surface area contributed by atoms with E-state index in [4.69, 9.17) is 9.47 Å². The van der Waals surface area contributed by atoms with Crippen molar-refractivity contribution in [3.05, 3.63) is 0 Å². The molecule has 0 bridgehead atoms. The zero-order valence-electron chi connectivity index (χ0n) is 16.7. The third-order valence-electron chi connectivity index (χ3n) is 5.52. The molecule has 1 rings (SSSR count). The first-order valence-corrected chi connectivity index (χ1v) is 9.10. The molecule has 1 heterocycles. The van der Waals surface area contributed by atoms with Crippen LogP contribution in [0.15, 0.2) is 0 Å². The van der Waals surface area contributed by atoms with Gasteiger partial charge >= 0.3 is 12.1 Å².